The summed E-state index contributed by atoms with van der Waals surface area (Å²) in [4.78, 5) is 5.97. The second-order valence-corrected chi connectivity index (χ2v) is 6.42. The van der Waals surface area contributed by atoms with Crippen LogP contribution < -0.4 is 20.1 Å². The fraction of sp³-hybridized carbons (Fsp3) is 0.611. The Bertz CT molecular complexity index is 638. The van der Waals surface area contributed by atoms with Crippen molar-refractivity contribution >= 4 is 11.6 Å². The Labute approximate surface area is 157 Å². The molecule has 1 aliphatic rings. The standard InChI is InChI=1S/C18H27F3N4O2/c1-4-22-17(24-14-5-6-15(26-2)16(9-14)27-3)23-10-13-7-8-25(11-13)12-18(19,20)21/h5-6,9,13H,4,7-8,10-12H2,1-3H3,(H2,22,23,24). The molecule has 9 heteroatoms. The third-order valence-corrected chi connectivity index (χ3v) is 4.27. The van der Waals surface area contributed by atoms with Gasteiger partial charge in [-0.05, 0) is 37.9 Å². The highest BCUT2D eigenvalue weighted by molar-refractivity contribution is 5.93. The van der Waals surface area contributed by atoms with E-state index in [0.717, 1.165) is 12.1 Å². The molecule has 1 aromatic rings. The Morgan fingerprint density at radius 1 is 1.26 bits per heavy atom. The second-order valence-electron chi connectivity index (χ2n) is 6.42. The first-order valence-electron chi connectivity index (χ1n) is 8.91. The Morgan fingerprint density at radius 2 is 2.00 bits per heavy atom. The SMILES string of the molecule is CCNC(=NCC1CCN(CC(F)(F)F)C1)Nc1ccc(OC)c(OC)c1. The fourth-order valence-electron chi connectivity index (χ4n) is 3.04. The average Bonchev–Trinajstić information content (AvgIpc) is 3.05. The van der Waals surface area contributed by atoms with Crippen LogP contribution in [0.4, 0.5) is 18.9 Å². The topological polar surface area (TPSA) is 58.1 Å². The minimum Gasteiger partial charge on any atom is -0.493 e. The number of anilines is 1. The molecule has 1 aliphatic heterocycles. The molecule has 1 saturated heterocycles. The van der Waals surface area contributed by atoms with Crippen molar-refractivity contribution in [3.05, 3.63) is 18.2 Å². The van der Waals surface area contributed by atoms with Crippen LogP contribution in [0, 0.1) is 5.92 Å². The molecule has 2 rings (SSSR count). The quantitative estimate of drug-likeness (QED) is 0.556. The van der Waals surface area contributed by atoms with E-state index in [1.807, 2.05) is 13.0 Å². The van der Waals surface area contributed by atoms with Gasteiger partial charge >= 0.3 is 6.18 Å². The summed E-state index contributed by atoms with van der Waals surface area (Å²) in [6.07, 6.45) is -3.43. The summed E-state index contributed by atoms with van der Waals surface area (Å²) in [5.41, 5.74) is 0.775. The summed E-state index contributed by atoms with van der Waals surface area (Å²) in [6, 6.07) is 5.43. The summed E-state index contributed by atoms with van der Waals surface area (Å²) in [6.45, 7) is 3.11. The van der Waals surface area contributed by atoms with Gasteiger partial charge in [-0.15, -0.1) is 0 Å². The maximum atomic E-state index is 12.5. The third-order valence-electron chi connectivity index (χ3n) is 4.27. The maximum absolute atomic E-state index is 12.5. The first-order valence-corrected chi connectivity index (χ1v) is 8.91. The molecule has 0 saturated carbocycles. The predicted molar refractivity (Wildman–Crippen MR) is 99.7 cm³/mol. The molecular formula is C18H27F3N4O2. The first kappa shape index (κ1) is 21.1. The number of aliphatic imine (C=N–C) groups is 1. The summed E-state index contributed by atoms with van der Waals surface area (Å²) < 4.78 is 48.0. The van der Waals surface area contributed by atoms with Gasteiger partial charge < -0.3 is 20.1 Å². The molecule has 1 unspecified atom stereocenters. The van der Waals surface area contributed by atoms with Crippen molar-refractivity contribution in [1.82, 2.24) is 10.2 Å². The number of nitrogens with zero attached hydrogens (tertiary/aromatic N) is 2. The zero-order valence-corrected chi connectivity index (χ0v) is 15.9. The summed E-state index contributed by atoms with van der Waals surface area (Å²) >= 11 is 0. The molecular weight excluding hydrogens is 361 g/mol. The van der Waals surface area contributed by atoms with Crippen LogP contribution in [0.2, 0.25) is 0 Å². The van der Waals surface area contributed by atoms with E-state index in [-0.39, 0.29) is 5.92 Å². The lowest BCUT2D eigenvalue weighted by atomic mass is 10.1. The first-order chi connectivity index (χ1) is 12.8. The molecule has 152 valence electrons. The van der Waals surface area contributed by atoms with Crippen LogP contribution in [0.15, 0.2) is 23.2 Å². The number of benzene rings is 1. The van der Waals surface area contributed by atoms with Crippen LogP contribution in [0.5, 0.6) is 11.5 Å². The smallest absolute Gasteiger partial charge is 0.401 e. The minimum absolute atomic E-state index is 0.119. The molecule has 0 radical (unpaired) electrons. The number of guanidine groups is 1. The van der Waals surface area contributed by atoms with Gasteiger partial charge in [-0.2, -0.15) is 13.2 Å². The lowest BCUT2D eigenvalue weighted by Crippen LogP contribution is -2.33. The number of methoxy groups -OCH3 is 2. The Hall–Kier alpha value is -2.16. The number of halogens is 3. The number of alkyl halides is 3. The van der Waals surface area contributed by atoms with Crippen molar-refractivity contribution in [2.24, 2.45) is 10.9 Å². The maximum Gasteiger partial charge on any atom is 0.401 e. The van der Waals surface area contributed by atoms with Crippen molar-refractivity contribution in [3.8, 4) is 11.5 Å². The zero-order valence-electron chi connectivity index (χ0n) is 15.9. The van der Waals surface area contributed by atoms with Crippen molar-refractivity contribution in [1.29, 1.82) is 0 Å². The largest absolute Gasteiger partial charge is 0.493 e. The Balaban J connectivity index is 1.97. The number of likely N-dealkylation sites (tertiary alicyclic amines) is 1. The number of nitrogens with one attached hydrogen (secondary N) is 2. The molecule has 1 heterocycles. The van der Waals surface area contributed by atoms with Crippen LogP contribution in [-0.2, 0) is 0 Å². The van der Waals surface area contributed by atoms with Gasteiger partial charge in [-0.3, -0.25) is 9.89 Å². The number of hydrogen-bond acceptors (Lipinski definition) is 4. The van der Waals surface area contributed by atoms with Crippen LogP contribution in [-0.4, -0.2) is 64.0 Å². The zero-order chi connectivity index (χ0) is 19.9. The molecule has 0 amide bonds. The lowest BCUT2D eigenvalue weighted by Gasteiger charge is -2.17. The Kier molecular flexibility index (Phi) is 7.58. The van der Waals surface area contributed by atoms with E-state index < -0.39 is 12.7 Å². The van der Waals surface area contributed by atoms with E-state index >= 15 is 0 Å². The number of hydrogen-bond donors (Lipinski definition) is 2. The third kappa shape index (κ3) is 6.82. The van der Waals surface area contributed by atoms with Gasteiger partial charge in [-0.25, -0.2) is 0 Å². The van der Waals surface area contributed by atoms with Gasteiger partial charge in [0, 0.05) is 31.4 Å². The van der Waals surface area contributed by atoms with E-state index in [1.165, 1.54) is 4.90 Å². The van der Waals surface area contributed by atoms with E-state index in [4.69, 9.17) is 9.47 Å². The van der Waals surface area contributed by atoms with Crippen LogP contribution in [0.3, 0.4) is 0 Å². The molecule has 0 spiro atoms. The molecule has 0 aromatic heterocycles. The average molecular weight is 388 g/mol. The highest BCUT2D eigenvalue weighted by atomic mass is 19.4. The lowest BCUT2D eigenvalue weighted by molar-refractivity contribution is -0.143. The molecule has 6 nitrogen and oxygen atoms in total. The van der Waals surface area contributed by atoms with Crippen molar-refractivity contribution < 1.29 is 22.6 Å². The highest BCUT2D eigenvalue weighted by Gasteiger charge is 2.34. The minimum atomic E-state index is -4.15. The summed E-state index contributed by atoms with van der Waals surface area (Å²) in [5, 5.41) is 6.33. The fourth-order valence-corrected chi connectivity index (χ4v) is 3.04. The monoisotopic (exact) mass is 388 g/mol. The van der Waals surface area contributed by atoms with Crippen molar-refractivity contribution in [3.63, 3.8) is 0 Å². The molecule has 1 fully saturated rings. The highest BCUT2D eigenvalue weighted by Crippen LogP contribution is 2.29. The van der Waals surface area contributed by atoms with Gasteiger partial charge in [0.2, 0.25) is 0 Å². The second kappa shape index (κ2) is 9.68. The van der Waals surface area contributed by atoms with Crippen molar-refractivity contribution in [2.45, 2.75) is 19.5 Å². The molecule has 1 aromatic carbocycles. The van der Waals surface area contributed by atoms with Crippen LogP contribution in [0.25, 0.3) is 0 Å². The Morgan fingerprint density at radius 3 is 2.63 bits per heavy atom. The van der Waals surface area contributed by atoms with E-state index in [1.54, 1.807) is 26.4 Å². The normalized spacial score (nSPS) is 18.4. The summed E-state index contributed by atoms with van der Waals surface area (Å²) in [7, 11) is 3.13. The van der Waals surface area contributed by atoms with E-state index in [2.05, 4.69) is 15.6 Å². The van der Waals surface area contributed by atoms with E-state index in [9.17, 15) is 13.2 Å². The molecule has 0 bridgehead atoms. The van der Waals surface area contributed by atoms with Gasteiger partial charge in [0.05, 0.1) is 20.8 Å². The van der Waals surface area contributed by atoms with Gasteiger partial charge in [0.15, 0.2) is 17.5 Å². The van der Waals surface area contributed by atoms with Crippen molar-refractivity contribution in [2.75, 3.05) is 52.3 Å². The van der Waals surface area contributed by atoms with Crippen LogP contribution >= 0.6 is 0 Å². The van der Waals surface area contributed by atoms with Gasteiger partial charge in [-0.1, -0.05) is 0 Å². The van der Waals surface area contributed by atoms with Gasteiger partial charge in [0.25, 0.3) is 0 Å². The number of rotatable bonds is 7. The predicted octanol–water partition coefficient (Wildman–Crippen LogP) is 2.97. The molecule has 1 atom stereocenters. The molecule has 0 aliphatic carbocycles. The molecule has 2 N–H and O–H groups in total. The van der Waals surface area contributed by atoms with E-state index in [0.29, 0.717) is 43.6 Å². The van der Waals surface area contributed by atoms with Crippen LogP contribution in [0.1, 0.15) is 13.3 Å². The van der Waals surface area contributed by atoms with Gasteiger partial charge in [0.1, 0.15) is 0 Å². The molecule has 27 heavy (non-hydrogen) atoms. The number of ether oxygens (including phenoxy) is 2. The summed E-state index contributed by atoms with van der Waals surface area (Å²) in [5.74, 6) is 1.92.